The molecular weight excluding hydrogens is 300 g/mol. The first-order valence-corrected chi connectivity index (χ1v) is 8.25. The average molecular weight is 322 g/mol. The SMILES string of the molecule is CCC(C)(C)C(=O)Oc1c2ccccc2c(CO)c2ccccc12. The smallest absolute Gasteiger partial charge is 0.316 e. The number of rotatable bonds is 4. The van der Waals surface area contributed by atoms with Crippen LogP contribution in [0.1, 0.15) is 32.8 Å². The van der Waals surface area contributed by atoms with Crippen LogP contribution in [0.4, 0.5) is 0 Å². The highest BCUT2D eigenvalue weighted by Gasteiger charge is 2.29. The Hall–Kier alpha value is -2.39. The number of benzene rings is 3. The predicted molar refractivity (Wildman–Crippen MR) is 97.1 cm³/mol. The van der Waals surface area contributed by atoms with E-state index in [1.165, 1.54) is 0 Å². The van der Waals surface area contributed by atoms with Crippen LogP contribution in [-0.4, -0.2) is 11.1 Å². The summed E-state index contributed by atoms with van der Waals surface area (Å²) in [4.78, 5) is 12.6. The van der Waals surface area contributed by atoms with Gasteiger partial charge in [-0.15, -0.1) is 0 Å². The van der Waals surface area contributed by atoms with Gasteiger partial charge in [0.15, 0.2) is 0 Å². The molecule has 0 aromatic heterocycles. The number of aliphatic hydroxyl groups is 1. The van der Waals surface area contributed by atoms with Crippen molar-refractivity contribution in [3.05, 3.63) is 54.1 Å². The molecule has 24 heavy (non-hydrogen) atoms. The molecule has 3 nitrogen and oxygen atoms in total. The van der Waals surface area contributed by atoms with Crippen LogP contribution in [0.15, 0.2) is 48.5 Å². The molecule has 0 spiro atoms. The lowest BCUT2D eigenvalue weighted by Gasteiger charge is -2.22. The Labute approximate surface area is 141 Å². The van der Waals surface area contributed by atoms with Crippen LogP contribution in [0.2, 0.25) is 0 Å². The zero-order valence-corrected chi connectivity index (χ0v) is 14.3. The number of carbonyl (C=O) groups is 1. The van der Waals surface area contributed by atoms with Gasteiger partial charge in [-0.2, -0.15) is 0 Å². The summed E-state index contributed by atoms with van der Waals surface area (Å²) in [6, 6.07) is 15.5. The zero-order chi connectivity index (χ0) is 17.3. The standard InChI is InChI=1S/C21H22O3/c1-4-21(2,3)20(23)24-19-16-11-7-5-9-14(16)18(13-22)15-10-6-8-12-17(15)19/h5-12,22H,4,13H2,1-3H3. The Morgan fingerprint density at radius 3 is 1.83 bits per heavy atom. The van der Waals surface area contributed by atoms with Crippen LogP contribution in [0, 0.1) is 5.41 Å². The van der Waals surface area contributed by atoms with Crippen molar-refractivity contribution < 1.29 is 14.6 Å². The van der Waals surface area contributed by atoms with Gasteiger partial charge in [0, 0.05) is 10.8 Å². The first-order valence-electron chi connectivity index (χ1n) is 8.25. The summed E-state index contributed by atoms with van der Waals surface area (Å²) in [6.07, 6.45) is 0.705. The fourth-order valence-electron chi connectivity index (χ4n) is 2.83. The van der Waals surface area contributed by atoms with Crippen LogP contribution >= 0.6 is 0 Å². The van der Waals surface area contributed by atoms with E-state index in [9.17, 15) is 9.90 Å². The van der Waals surface area contributed by atoms with Crippen molar-refractivity contribution in [2.24, 2.45) is 5.41 Å². The number of fused-ring (bicyclic) bond motifs is 2. The van der Waals surface area contributed by atoms with E-state index in [4.69, 9.17) is 4.74 Å². The molecule has 0 saturated carbocycles. The fraction of sp³-hybridized carbons (Fsp3) is 0.286. The molecule has 0 heterocycles. The van der Waals surface area contributed by atoms with Crippen molar-refractivity contribution in [2.45, 2.75) is 33.8 Å². The molecule has 0 aliphatic heterocycles. The minimum absolute atomic E-state index is 0.0598. The van der Waals surface area contributed by atoms with Gasteiger partial charge < -0.3 is 9.84 Å². The second-order valence-corrected chi connectivity index (χ2v) is 6.68. The average Bonchev–Trinajstić information content (AvgIpc) is 2.61. The molecule has 0 unspecified atom stereocenters. The largest absolute Gasteiger partial charge is 0.425 e. The second-order valence-electron chi connectivity index (χ2n) is 6.68. The molecule has 0 radical (unpaired) electrons. The molecule has 0 aliphatic carbocycles. The molecule has 3 rings (SSSR count). The molecule has 0 fully saturated rings. The van der Waals surface area contributed by atoms with Crippen LogP contribution in [0.3, 0.4) is 0 Å². The summed E-state index contributed by atoms with van der Waals surface area (Å²) in [7, 11) is 0. The fourth-order valence-corrected chi connectivity index (χ4v) is 2.83. The first-order chi connectivity index (χ1) is 11.5. The van der Waals surface area contributed by atoms with E-state index in [0.29, 0.717) is 12.2 Å². The molecule has 0 saturated heterocycles. The third-order valence-corrected chi connectivity index (χ3v) is 4.78. The van der Waals surface area contributed by atoms with Gasteiger partial charge in [-0.05, 0) is 36.6 Å². The van der Waals surface area contributed by atoms with E-state index in [1.54, 1.807) is 0 Å². The van der Waals surface area contributed by atoms with Crippen molar-refractivity contribution in [1.82, 2.24) is 0 Å². The van der Waals surface area contributed by atoms with Crippen molar-refractivity contribution >= 4 is 27.5 Å². The van der Waals surface area contributed by atoms with Gasteiger partial charge in [0.05, 0.1) is 12.0 Å². The number of ether oxygens (including phenoxy) is 1. The number of hydrogen-bond acceptors (Lipinski definition) is 3. The Bertz CT molecular complexity index is 852. The van der Waals surface area contributed by atoms with Crippen LogP contribution in [-0.2, 0) is 11.4 Å². The molecule has 1 N–H and O–H groups in total. The summed E-state index contributed by atoms with van der Waals surface area (Å²) in [5, 5.41) is 13.4. The van der Waals surface area contributed by atoms with Crippen molar-refractivity contribution in [3.63, 3.8) is 0 Å². The van der Waals surface area contributed by atoms with E-state index in [-0.39, 0.29) is 12.6 Å². The monoisotopic (exact) mass is 322 g/mol. The van der Waals surface area contributed by atoms with Crippen molar-refractivity contribution in [3.8, 4) is 5.75 Å². The minimum Gasteiger partial charge on any atom is -0.425 e. The van der Waals surface area contributed by atoms with Crippen LogP contribution < -0.4 is 4.74 Å². The van der Waals surface area contributed by atoms with Crippen molar-refractivity contribution in [2.75, 3.05) is 0 Å². The van der Waals surface area contributed by atoms with E-state index in [2.05, 4.69) is 0 Å². The van der Waals surface area contributed by atoms with Gasteiger partial charge in [0.1, 0.15) is 5.75 Å². The van der Waals surface area contributed by atoms with Gasteiger partial charge in [-0.1, -0.05) is 55.5 Å². The molecular formula is C21H22O3. The number of carbonyl (C=O) groups excluding carboxylic acids is 1. The van der Waals surface area contributed by atoms with Crippen LogP contribution in [0.5, 0.6) is 5.75 Å². The number of esters is 1. The summed E-state index contributed by atoms with van der Waals surface area (Å²) in [5.41, 5.74) is 0.313. The van der Waals surface area contributed by atoms with Gasteiger partial charge in [-0.3, -0.25) is 4.79 Å². The van der Waals surface area contributed by atoms with Gasteiger partial charge in [0.2, 0.25) is 0 Å². The third kappa shape index (κ3) is 2.65. The maximum absolute atomic E-state index is 12.6. The minimum atomic E-state index is -0.544. The Morgan fingerprint density at radius 1 is 0.958 bits per heavy atom. The van der Waals surface area contributed by atoms with E-state index < -0.39 is 5.41 Å². The van der Waals surface area contributed by atoms with Gasteiger partial charge in [0.25, 0.3) is 0 Å². The molecule has 0 aliphatic rings. The van der Waals surface area contributed by atoms with Gasteiger partial charge in [-0.25, -0.2) is 0 Å². The van der Waals surface area contributed by atoms with E-state index in [1.807, 2.05) is 69.3 Å². The molecule has 3 aromatic rings. The molecule has 124 valence electrons. The molecule has 0 bridgehead atoms. The molecule has 3 aromatic carbocycles. The van der Waals surface area contributed by atoms with E-state index in [0.717, 1.165) is 27.1 Å². The second kappa shape index (κ2) is 6.25. The lowest BCUT2D eigenvalue weighted by molar-refractivity contribution is -0.143. The highest BCUT2D eigenvalue weighted by molar-refractivity contribution is 6.09. The zero-order valence-electron chi connectivity index (χ0n) is 14.3. The lowest BCUT2D eigenvalue weighted by atomic mass is 9.90. The Balaban J connectivity index is 2.31. The molecule has 3 heteroatoms. The van der Waals surface area contributed by atoms with E-state index >= 15 is 0 Å². The van der Waals surface area contributed by atoms with Crippen molar-refractivity contribution in [1.29, 1.82) is 0 Å². The van der Waals surface area contributed by atoms with Gasteiger partial charge >= 0.3 is 5.97 Å². The predicted octanol–water partition coefficient (Wildman–Crippen LogP) is 4.83. The Morgan fingerprint density at radius 2 is 1.42 bits per heavy atom. The summed E-state index contributed by atoms with van der Waals surface area (Å²) in [6.45, 7) is 5.70. The maximum atomic E-state index is 12.6. The Kier molecular flexibility index (Phi) is 4.29. The first kappa shape index (κ1) is 16.5. The highest BCUT2D eigenvalue weighted by Crippen LogP contribution is 2.39. The molecule has 0 amide bonds. The number of aliphatic hydroxyl groups excluding tert-OH is 1. The molecule has 0 atom stereocenters. The topological polar surface area (TPSA) is 46.5 Å². The summed E-state index contributed by atoms with van der Waals surface area (Å²) in [5.74, 6) is 0.335. The van der Waals surface area contributed by atoms with Crippen LogP contribution in [0.25, 0.3) is 21.5 Å². The summed E-state index contributed by atoms with van der Waals surface area (Å²) >= 11 is 0. The normalized spacial score (nSPS) is 11.8. The summed E-state index contributed by atoms with van der Waals surface area (Å²) < 4.78 is 5.88. The lowest BCUT2D eigenvalue weighted by Crippen LogP contribution is -2.28. The number of hydrogen-bond donors (Lipinski definition) is 1. The third-order valence-electron chi connectivity index (χ3n) is 4.78. The highest BCUT2D eigenvalue weighted by atomic mass is 16.5. The quantitative estimate of drug-likeness (QED) is 0.425. The maximum Gasteiger partial charge on any atom is 0.316 e.